The molecule has 5 heterocycles. The molecule has 9 nitrogen and oxygen atoms in total. The van der Waals surface area contributed by atoms with Crippen LogP contribution in [0, 0.1) is 5.82 Å². The number of imidazole rings is 1. The van der Waals surface area contributed by atoms with E-state index in [4.69, 9.17) is 0 Å². The van der Waals surface area contributed by atoms with Gasteiger partial charge in [0, 0.05) is 35.6 Å². The molecule has 6 rings (SSSR count). The maximum absolute atomic E-state index is 13.9. The molecular weight excluding hydrogens is 411 g/mol. The van der Waals surface area contributed by atoms with E-state index >= 15 is 0 Å². The van der Waals surface area contributed by atoms with Crippen LogP contribution < -0.4 is 0 Å². The fourth-order valence-electron chi connectivity index (χ4n) is 3.66. The van der Waals surface area contributed by atoms with Gasteiger partial charge in [0.15, 0.2) is 11.5 Å². The third-order valence-electron chi connectivity index (χ3n) is 5.08. The lowest BCUT2D eigenvalue weighted by atomic mass is 10.1. The van der Waals surface area contributed by atoms with Gasteiger partial charge in [0.05, 0.1) is 29.1 Å². The number of phenols is 1. The Morgan fingerprint density at radius 3 is 2.69 bits per heavy atom. The van der Waals surface area contributed by atoms with Gasteiger partial charge < -0.3 is 10.1 Å². The smallest absolute Gasteiger partial charge is 0.178 e. The number of halogens is 1. The minimum Gasteiger partial charge on any atom is -0.508 e. The number of nitrogens with one attached hydrogen (secondary N) is 2. The molecule has 0 amide bonds. The standard InChI is InChI=1S/C22H13FN8O/c23-12-5-11(6-13(32)7-12)14-1-2-26-21-19(14)28-22(29-21)20-15-8-16(18-9-24-3-4-25-18)27-10-17(15)30-31-20/h1-10,32H,(H,30,31)(H,26,28,29). The van der Waals surface area contributed by atoms with Crippen LogP contribution in [0.25, 0.3) is 56.1 Å². The number of H-pyrrole nitrogens is 2. The predicted molar refractivity (Wildman–Crippen MR) is 115 cm³/mol. The molecule has 0 fully saturated rings. The maximum Gasteiger partial charge on any atom is 0.178 e. The number of benzene rings is 1. The highest BCUT2D eigenvalue weighted by atomic mass is 19.1. The van der Waals surface area contributed by atoms with Gasteiger partial charge in [-0.2, -0.15) is 5.10 Å². The van der Waals surface area contributed by atoms with E-state index in [1.165, 1.54) is 12.1 Å². The Morgan fingerprint density at radius 1 is 0.906 bits per heavy atom. The summed E-state index contributed by atoms with van der Waals surface area (Å²) < 4.78 is 13.9. The van der Waals surface area contributed by atoms with Gasteiger partial charge in [-0.1, -0.05) is 0 Å². The van der Waals surface area contributed by atoms with Crippen molar-refractivity contribution in [2.45, 2.75) is 0 Å². The molecule has 3 N–H and O–H groups in total. The number of hydrogen-bond acceptors (Lipinski definition) is 7. The molecule has 0 saturated carbocycles. The summed E-state index contributed by atoms with van der Waals surface area (Å²) in [5, 5.41) is 18.0. The van der Waals surface area contributed by atoms with Gasteiger partial charge in [-0.25, -0.2) is 14.4 Å². The van der Waals surface area contributed by atoms with E-state index in [2.05, 4.69) is 40.1 Å². The van der Waals surface area contributed by atoms with Crippen LogP contribution in [0.5, 0.6) is 5.75 Å². The second kappa shape index (κ2) is 6.91. The van der Waals surface area contributed by atoms with Gasteiger partial charge in [-0.15, -0.1) is 0 Å². The average molecular weight is 424 g/mol. The van der Waals surface area contributed by atoms with Crippen molar-refractivity contribution >= 4 is 22.1 Å². The summed E-state index contributed by atoms with van der Waals surface area (Å²) in [6, 6.07) is 7.49. The van der Waals surface area contributed by atoms with E-state index in [9.17, 15) is 9.50 Å². The van der Waals surface area contributed by atoms with E-state index in [-0.39, 0.29) is 5.75 Å². The zero-order valence-electron chi connectivity index (χ0n) is 16.3. The van der Waals surface area contributed by atoms with Crippen LogP contribution in [0.2, 0.25) is 0 Å². The number of aromatic amines is 2. The topological polar surface area (TPSA) is 129 Å². The molecule has 0 spiro atoms. The average Bonchev–Trinajstić information content (AvgIpc) is 3.42. The fourth-order valence-corrected chi connectivity index (χ4v) is 3.66. The molecule has 0 unspecified atom stereocenters. The first-order chi connectivity index (χ1) is 15.7. The number of hydrogen-bond donors (Lipinski definition) is 3. The summed E-state index contributed by atoms with van der Waals surface area (Å²) in [5.74, 6) is -0.206. The van der Waals surface area contributed by atoms with Crippen molar-refractivity contribution in [1.29, 1.82) is 0 Å². The van der Waals surface area contributed by atoms with Crippen LogP contribution >= 0.6 is 0 Å². The second-order valence-electron chi connectivity index (χ2n) is 7.12. The van der Waals surface area contributed by atoms with Crippen molar-refractivity contribution in [3.8, 4) is 39.8 Å². The van der Waals surface area contributed by atoms with Crippen LogP contribution in [-0.2, 0) is 0 Å². The monoisotopic (exact) mass is 424 g/mol. The second-order valence-corrected chi connectivity index (χ2v) is 7.12. The van der Waals surface area contributed by atoms with Crippen LogP contribution in [0.3, 0.4) is 0 Å². The van der Waals surface area contributed by atoms with Gasteiger partial charge in [-0.3, -0.25) is 20.1 Å². The molecule has 0 bridgehead atoms. The number of rotatable bonds is 3. The highest BCUT2D eigenvalue weighted by Gasteiger charge is 2.17. The third kappa shape index (κ3) is 2.93. The molecular formula is C22H13FN8O. The van der Waals surface area contributed by atoms with Crippen LogP contribution in [0.15, 0.2) is 61.3 Å². The van der Waals surface area contributed by atoms with Gasteiger partial charge in [0.1, 0.15) is 23.0 Å². The number of aromatic nitrogens is 8. The molecule has 0 atom stereocenters. The van der Waals surface area contributed by atoms with Gasteiger partial charge in [0.25, 0.3) is 0 Å². The Morgan fingerprint density at radius 2 is 1.84 bits per heavy atom. The van der Waals surface area contributed by atoms with Gasteiger partial charge in [-0.05, 0) is 29.8 Å². The maximum atomic E-state index is 13.9. The summed E-state index contributed by atoms with van der Waals surface area (Å²) in [6.45, 7) is 0. The Balaban J connectivity index is 1.52. The van der Waals surface area contributed by atoms with E-state index in [1.807, 2.05) is 6.07 Å². The van der Waals surface area contributed by atoms with E-state index in [0.29, 0.717) is 45.2 Å². The summed E-state index contributed by atoms with van der Waals surface area (Å²) in [4.78, 5) is 25.0. The van der Waals surface area contributed by atoms with E-state index in [1.54, 1.807) is 37.1 Å². The number of aromatic hydroxyl groups is 1. The Hall–Kier alpha value is -4.73. The van der Waals surface area contributed by atoms with Crippen molar-refractivity contribution in [2.24, 2.45) is 0 Å². The summed E-state index contributed by atoms with van der Waals surface area (Å²) in [7, 11) is 0. The van der Waals surface area contributed by atoms with Crippen molar-refractivity contribution in [3.05, 3.63) is 67.1 Å². The molecule has 6 aromatic rings. The molecule has 0 aliphatic carbocycles. The number of nitrogens with zero attached hydrogens (tertiary/aromatic N) is 6. The largest absolute Gasteiger partial charge is 0.508 e. The Labute approximate surface area is 179 Å². The molecule has 0 aliphatic rings. The molecule has 32 heavy (non-hydrogen) atoms. The Kier molecular flexibility index (Phi) is 3.90. The lowest BCUT2D eigenvalue weighted by Gasteiger charge is -2.04. The minimum atomic E-state index is -0.535. The first-order valence-electron chi connectivity index (χ1n) is 9.61. The SMILES string of the molecule is Oc1cc(F)cc(-c2ccnc3nc(-c4n[nH]c5cnc(-c6cnccn6)cc45)[nH]c23)c1. The van der Waals surface area contributed by atoms with Crippen molar-refractivity contribution in [3.63, 3.8) is 0 Å². The van der Waals surface area contributed by atoms with Crippen LogP contribution in [0.1, 0.15) is 0 Å². The first kappa shape index (κ1) is 18.1. The molecule has 154 valence electrons. The third-order valence-corrected chi connectivity index (χ3v) is 5.08. The molecule has 0 aliphatic heterocycles. The van der Waals surface area contributed by atoms with E-state index < -0.39 is 5.82 Å². The zero-order chi connectivity index (χ0) is 21.7. The zero-order valence-corrected chi connectivity index (χ0v) is 16.3. The first-order valence-corrected chi connectivity index (χ1v) is 9.61. The summed E-state index contributed by atoms with van der Waals surface area (Å²) in [6.07, 6.45) is 8.11. The van der Waals surface area contributed by atoms with Crippen LogP contribution in [0.4, 0.5) is 4.39 Å². The number of phenolic OH excluding ortho intramolecular Hbond substituents is 1. The van der Waals surface area contributed by atoms with Crippen molar-refractivity contribution in [2.75, 3.05) is 0 Å². The lowest BCUT2D eigenvalue weighted by molar-refractivity contribution is 0.469. The summed E-state index contributed by atoms with van der Waals surface area (Å²) >= 11 is 0. The van der Waals surface area contributed by atoms with Crippen LogP contribution in [-0.4, -0.2) is 45.2 Å². The Bertz CT molecular complexity index is 1590. The van der Waals surface area contributed by atoms with E-state index in [0.717, 1.165) is 17.0 Å². The number of pyridine rings is 2. The number of fused-ring (bicyclic) bond motifs is 2. The summed E-state index contributed by atoms with van der Waals surface area (Å²) in [5.41, 5.74) is 4.82. The lowest BCUT2D eigenvalue weighted by Crippen LogP contribution is -1.88. The van der Waals surface area contributed by atoms with Gasteiger partial charge in [0.2, 0.25) is 0 Å². The highest BCUT2D eigenvalue weighted by molar-refractivity contribution is 5.96. The van der Waals surface area contributed by atoms with Crippen molar-refractivity contribution in [1.82, 2.24) is 40.1 Å². The van der Waals surface area contributed by atoms with Crippen molar-refractivity contribution < 1.29 is 9.50 Å². The molecule has 10 heteroatoms. The normalized spacial score (nSPS) is 11.4. The minimum absolute atomic E-state index is 0.160. The fraction of sp³-hybridized carbons (Fsp3) is 0. The predicted octanol–water partition coefficient (Wildman–Crippen LogP) is 3.86. The molecule has 0 saturated heterocycles. The highest BCUT2D eigenvalue weighted by Crippen LogP contribution is 2.32. The quantitative estimate of drug-likeness (QED) is 0.393. The van der Waals surface area contributed by atoms with Gasteiger partial charge >= 0.3 is 0 Å². The molecule has 5 aromatic heterocycles. The molecule has 1 aromatic carbocycles. The molecule has 0 radical (unpaired) electrons.